The zero-order valence-electron chi connectivity index (χ0n) is 15.2. The topological polar surface area (TPSA) is 24.2 Å². The van der Waals surface area contributed by atoms with Crippen molar-refractivity contribution in [3.8, 4) is 11.3 Å². The number of nitrogens with zero attached hydrogens (tertiary/aromatic N) is 2. The van der Waals surface area contributed by atoms with Gasteiger partial charge in [0.25, 0.3) is 5.91 Å². The Morgan fingerprint density at radius 3 is 2.44 bits per heavy atom. The van der Waals surface area contributed by atoms with E-state index in [0.717, 1.165) is 27.7 Å². The van der Waals surface area contributed by atoms with E-state index in [2.05, 4.69) is 74.9 Å². The van der Waals surface area contributed by atoms with Gasteiger partial charge in [0.05, 0.1) is 11.6 Å². The van der Waals surface area contributed by atoms with Crippen molar-refractivity contribution in [1.29, 1.82) is 0 Å². The van der Waals surface area contributed by atoms with Crippen LogP contribution in [0.3, 0.4) is 0 Å². The summed E-state index contributed by atoms with van der Waals surface area (Å²) in [4.78, 5) is 15.5. The van der Waals surface area contributed by atoms with Crippen molar-refractivity contribution in [2.75, 3.05) is 0 Å². The van der Waals surface area contributed by atoms with Gasteiger partial charge >= 0.3 is 0 Å². The molecule has 0 radical (unpaired) electrons. The lowest BCUT2D eigenvalue weighted by atomic mass is 9.97. The van der Waals surface area contributed by atoms with Crippen LogP contribution in [0.25, 0.3) is 22.2 Å². The second-order valence-electron chi connectivity index (χ2n) is 7.09. The van der Waals surface area contributed by atoms with Gasteiger partial charge in [-0.05, 0) is 44.5 Å². The molecular formula is C22H23N2O+. The van der Waals surface area contributed by atoms with Gasteiger partial charge in [0.2, 0.25) is 11.2 Å². The number of para-hydroxylation sites is 1. The number of amides is 1. The molecule has 0 saturated heterocycles. The molecule has 1 aliphatic heterocycles. The van der Waals surface area contributed by atoms with E-state index in [1.54, 1.807) is 0 Å². The van der Waals surface area contributed by atoms with Crippen LogP contribution in [0.2, 0.25) is 0 Å². The lowest BCUT2D eigenvalue weighted by molar-refractivity contribution is -0.633. The van der Waals surface area contributed by atoms with Gasteiger partial charge in [-0.1, -0.05) is 30.3 Å². The minimum Gasteiger partial charge on any atom is -0.329 e. The molecule has 126 valence electrons. The van der Waals surface area contributed by atoms with Gasteiger partial charge in [-0.2, -0.15) is 4.57 Å². The molecule has 1 aliphatic rings. The highest BCUT2D eigenvalue weighted by Gasteiger charge is 2.37. The summed E-state index contributed by atoms with van der Waals surface area (Å²) in [6.45, 7) is 6.30. The summed E-state index contributed by atoms with van der Waals surface area (Å²) in [6.07, 6.45) is 0. The summed E-state index contributed by atoms with van der Waals surface area (Å²) in [7, 11) is 2.06. The Balaban J connectivity index is 2.15. The first-order valence-corrected chi connectivity index (χ1v) is 8.84. The zero-order valence-corrected chi connectivity index (χ0v) is 15.2. The van der Waals surface area contributed by atoms with E-state index in [0.29, 0.717) is 0 Å². The molecule has 3 heteroatoms. The average molecular weight is 331 g/mol. The molecule has 1 amide bonds. The Morgan fingerprint density at radius 2 is 1.68 bits per heavy atom. The first-order valence-electron chi connectivity index (χ1n) is 8.84. The van der Waals surface area contributed by atoms with E-state index < -0.39 is 0 Å². The second kappa shape index (κ2) is 5.69. The Kier molecular flexibility index (Phi) is 3.60. The summed E-state index contributed by atoms with van der Waals surface area (Å²) in [5.41, 5.74) is 5.28. The third-order valence-electron chi connectivity index (χ3n) is 5.29. The Morgan fingerprint density at radius 1 is 1.00 bits per heavy atom. The van der Waals surface area contributed by atoms with Gasteiger partial charge in [-0.25, -0.2) is 0 Å². The lowest BCUT2D eigenvalue weighted by Crippen LogP contribution is -2.39. The minimum atomic E-state index is 0.0409. The molecule has 3 aromatic rings. The smallest absolute Gasteiger partial charge is 0.261 e. The first kappa shape index (κ1) is 15.8. The fraction of sp³-hybridized carbons (Fsp3) is 0.273. The molecule has 2 aromatic carbocycles. The molecule has 4 rings (SSSR count). The third kappa shape index (κ3) is 2.26. The van der Waals surface area contributed by atoms with Crippen LogP contribution in [0.5, 0.6) is 0 Å². The van der Waals surface area contributed by atoms with Crippen molar-refractivity contribution >= 4 is 16.8 Å². The number of hydrogen-bond acceptors (Lipinski definition) is 1. The Bertz CT molecular complexity index is 990. The van der Waals surface area contributed by atoms with Gasteiger partial charge in [-0.15, -0.1) is 0 Å². The summed E-state index contributed by atoms with van der Waals surface area (Å²) >= 11 is 0. The summed E-state index contributed by atoms with van der Waals surface area (Å²) in [6, 6.07) is 18.9. The first-order chi connectivity index (χ1) is 12.0. The van der Waals surface area contributed by atoms with Crippen molar-refractivity contribution in [3.63, 3.8) is 0 Å². The highest BCUT2D eigenvalue weighted by atomic mass is 16.2. The highest BCUT2D eigenvalue weighted by Crippen LogP contribution is 2.38. The van der Waals surface area contributed by atoms with E-state index in [9.17, 15) is 4.79 Å². The Labute approximate surface area is 148 Å². The highest BCUT2D eigenvalue weighted by molar-refractivity contribution is 6.03. The average Bonchev–Trinajstić information content (AvgIpc) is 2.69. The summed E-state index contributed by atoms with van der Waals surface area (Å²) in [5.74, 6) is 0.107. The van der Waals surface area contributed by atoms with Crippen LogP contribution in [0.1, 0.15) is 42.7 Å². The van der Waals surface area contributed by atoms with Crippen molar-refractivity contribution in [2.24, 2.45) is 7.05 Å². The predicted octanol–water partition coefficient (Wildman–Crippen LogP) is 4.26. The molecule has 0 N–H and O–H groups in total. The van der Waals surface area contributed by atoms with E-state index in [4.69, 9.17) is 0 Å². The number of fused-ring (bicyclic) bond motifs is 4. The van der Waals surface area contributed by atoms with Crippen LogP contribution in [-0.2, 0) is 7.05 Å². The summed E-state index contributed by atoms with van der Waals surface area (Å²) in [5, 5.41) is 1.09. The molecule has 0 spiro atoms. The lowest BCUT2D eigenvalue weighted by Gasteiger charge is -2.32. The van der Waals surface area contributed by atoms with Gasteiger partial charge in [-0.3, -0.25) is 4.79 Å². The molecule has 1 atom stereocenters. The van der Waals surface area contributed by atoms with Crippen LogP contribution < -0.4 is 4.57 Å². The molecule has 25 heavy (non-hydrogen) atoms. The largest absolute Gasteiger partial charge is 0.329 e. The van der Waals surface area contributed by atoms with E-state index in [1.807, 2.05) is 17.0 Å². The van der Waals surface area contributed by atoms with Crippen LogP contribution in [0.4, 0.5) is 0 Å². The normalized spacial score (nSPS) is 16.8. The molecule has 2 heterocycles. The molecule has 3 nitrogen and oxygen atoms in total. The zero-order chi connectivity index (χ0) is 17.7. The maximum atomic E-state index is 13.5. The number of aromatic nitrogens is 1. The quantitative estimate of drug-likeness (QED) is 0.612. The SMILES string of the molecule is CC(C)N1C(=O)c2cc3ccccc3[n+](C)c2-c2ccccc2[C@@H]1C. The van der Waals surface area contributed by atoms with E-state index in [-0.39, 0.29) is 18.0 Å². The van der Waals surface area contributed by atoms with Crippen LogP contribution in [0.15, 0.2) is 54.6 Å². The van der Waals surface area contributed by atoms with Crippen molar-refractivity contribution < 1.29 is 9.36 Å². The van der Waals surface area contributed by atoms with Gasteiger partial charge < -0.3 is 4.90 Å². The van der Waals surface area contributed by atoms with Crippen LogP contribution >= 0.6 is 0 Å². The maximum absolute atomic E-state index is 13.5. The van der Waals surface area contributed by atoms with Gasteiger partial charge in [0.1, 0.15) is 12.6 Å². The molecule has 0 saturated carbocycles. The molecule has 0 aliphatic carbocycles. The van der Waals surface area contributed by atoms with Crippen LogP contribution in [0, 0.1) is 0 Å². The monoisotopic (exact) mass is 331 g/mol. The number of carbonyl (C=O) groups is 1. The minimum absolute atomic E-state index is 0.0409. The number of hydrogen-bond donors (Lipinski definition) is 0. The standard InChI is InChI=1S/C22H23N2O/c1-14(2)24-15(3)17-10-6-7-11-18(17)21-19(22(24)25)13-16-9-5-8-12-20(16)23(21)4/h5-15H,1-4H3/q+1/t15-/m0/s1. The van der Waals surface area contributed by atoms with Crippen molar-refractivity contribution in [2.45, 2.75) is 32.9 Å². The maximum Gasteiger partial charge on any atom is 0.261 e. The fourth-order valence-corrected chi connectivity index (χ4v) is 4.15. The molecule has 0 unspecified atom stereocenters. The van der Waals surface area contributed by atoms with E-state index >= 15 is 0 Å². The van der Waals surface area contributed by atoms with Gasteiger partial charge in [0, 0.05) is 17.5 Å². The number of pyridine rings is 1. The number of benzene rings is 2. The fourth-order valence-electron chi connectivity index (χ4n) is 4.15. The predicted molar refractivity (Wildman–Crippen MR) is 100 cm³/mol. The van der Waals surface area contributed by atoms with Gasteiger partial charge in [0.15, 0.2) is 0 Å². The summed E-state index contributed by atoms with van der Waals surface area (Å²) < 4.78 is 2.16. The molecular weight excluding hydrogens is 308 g/mol. The number of aryl methyl sites for hydroxylation is 1. The molecule has 0 fully saturated rings. The van der Waals surface area contributed by atoms with Crippen molar-refractivity contribution in [3.05, 3.63) is 65.7 Å². The Hall–Kier alpha value is -2.68. The number of carbonyl (C=O) groups excluding carboxylic acids is 1. The third-order valence-corrected chi connectivity index (χ3v) is 5.29. The van der Waals surface area contributed by atoms with Crippen molar-refractivity contribution in [1.82, 2.24) is 4.90 Å². The molecule has 0 bridgehead atoms. The second-order valence-corrected chi connectivity index (χ2v) is 7.09. The molecule has 1 aromatic heterocycles. The number of rotatable bonds is 1. The van der Waals surface area contributed by atoms with Crippen LogP contribution in [-0.4, -0.2) is 16.8 Å². The van der Waals surface area contributed by atoms with E-state index in [1.165, 1.54) is 5.56 Å².